The van der Waals surface area contributed by atoms with Crippen LogP contribution in [0.25, 0.3) is 0 Å². The Labute approximate surface area is 110 Å². The van der Waals surface area contributed by atoms with E-state index in [0.29, 0.717) is 0 Å². The molecular weight excluding hydrogens is 226 g/mol. The summed E-state index contributed by atoms with van der Waals surface area (Å²) in [6, 6.07) is 0. The minimum absolute atomic E-state index is 0.0637. The van der Waals surface area contributed by atoms with Gasteiger partial charge in [-0.2, -0.15) is 4.98 Å². The smallest absolute Gasteiger partial charge is 0.266 e. The Morgan fingerprint density at radius 1 is 1.28 bits per heavy atom. The molecule has 0 aliphatic carbocycles. The van der Waals surface area contributed by atoms with Crippen LogP contribution in [0.5, 0.6) is 0 Å². The number of nitrogens with zero attached hydrogens (tertiary/aromatic N) is 3. The highest BCUT2D eigenvalue weighted by molar-refractivity contribution is 5.29. The van der Waals surface area contributed by atoms with Crippen LogP contribution < -0.4 is 4.90 Å². The van der Waals surface area contributed by atoms with Crippen LogP contribution in [-0.2, 0) is 5.41 Å². The molecule has 1 aromatic rings. The number of aromatic nitrogens is 2. The van der Waals surface area contributed by atoms with Gasteiger partial charge in [0.05, 0.1) is 0 Å². The Hall–Kier alpha value is -1.06. The second-order valence-electron chi connectivity index (χ2n) is 6.37. The third kappa shape index (κ3) is 3.03. The normalized spacial score (nSPS) is 18.3. The quantitative estimate of drug-likeness (QED) is 0.826. The molecule has 4 heteroatoms. The summed E-state index contributed by atoms with van der Waals surface area (Å²) in [5, 5.41) is 4.12. The summed E-state index contributed by atoms with van der Waals surface area (Å²) in [4.78, 5) is 6.78. The van der Waals surface area contributed by atoms with E-state index in [1.54, 1.807) is 0 Å². The van der Waals surface area contributed by atoms with Gasteiger partial charge in [0.1, 0.15) is 0 Å². The number of rotatable bonds is 3. The molecule has 0 unspecified atom stereocenters. The Balaban J connectivity index is 1.95. The van der Waals surface area contributed by atoms with Gasteiger partial charge in [-0.3, -0.25) is 0 Å². The van der Waals surface area contributed by atoms with Crippen LogP contribution >= 0.6 is 0 Å². The van der Waals surface area contributed by atoms with Crippen molar-refractivity contribution in [2.24, 2.45) is 5.92 Å². The molecule has 2 rings (SSSR count). The minimum Gasteiger partial charge on any atom is -0.338 e. The van der Waals surface area contributed by atoms with Crippen molar-refractivity contribution in [3.05, 3.63) is 5.89 Å². The fourth-order valence-corrected chi connectivity index (χ4v) is 2.48. The molecule has 1 saturated heterocycles. The van der Waals surface area contributed by atoms with Crippen molar-refractivity contribution in [2.75, 3.05) is 18.0 Å². The summed E-state index contributed by atoms with van der Waals surface area (Å²) < 4.78 is 5.35. The zero-order valence-corrected chi connectivity index (χ0v) is 12.1. The largest absolute Gasteiger partial charge is 0.338 e. The molecule has 0 atom stereocenters. The summed E-state index contributed by atoms with van der Waals surface area (Å²) >= 11 is 0. The van der Waals surface area contributed by atoms with Gasteiger partial charge in [-0.25, -0.2) is 0 Å². The molecule has 0 aromatic carbocycles. The Bertz CT molecular complexity index is 373. The molecule has 0 spiro atoms. The van der Waals surface area contributed by atoms with Gasteiger partial charge in [-0.15, -0.1) is 0 Å². The van der Waals surface area contributed by atoms with Gasteiger partial charge >= 0.3 is 0 Å². The molecule has 0 bridgehead atoms. The van der Waals surface area contributed by atoms with Crippen LogP contribution in [0.4, 0.5) is 5.95 Å². The maximum absolute atomic E-state index is 5.35. The maximum Gasteiger partial charge on any atom is 0.266 e. The molecule has 0 saturated carbocycles. The Kier molecular flexibility index (Phi) is 3.93. The first kappa shape index (κ1) is 13.4. The SMILES string of the molecule is CCCC1CCN(c2noc(C(C)(C)C)n2)CC1. The van der Waals surface area contributed by atoms with E-state index in [1.165, 1.54) is 25.7 Å². The summed E-state index contributed by atoms with van der Waals surface area (Å²) in [5.41, 5.74) is -0.0637. The minimum atomic E-state index is -0.0637. The zero-order valence-electron chi connectivity index (χ0n) is 12.1. The number of anilines is 1. The molecule has 1 fully saturated rings. The van der Waals surface area contributed by atoms with E-state index in [9.17, 15) is 0 Å². The van der Waals surface area contributed by atoms with Gasteiger partial charge in [0.2, 0.25) is 5.89 Å². The van der Waals surface area contributed by atoms with E-state index in [0.717, 1.165) is 30.8 Å². The van der Waals surface area contributed by atoms with Gasteiger partial charge in [-0.05, 0) is 23.9 Å². The van der Waals surface area contributed by atoms with Crippen LogP contribution in [0.3, 0.4) is 0 Å². The van der Waals surface area contributed by atoms with Crippen molar-refractivity contribution >= 4 is 5.95 Å². The lowest BCUT2D eigenvalue weighted by atomic mass is 9.93. The van der Waals surface area contributed by atoms with E-state index in [4.69, 9.17) is 4.52 Å². The number of piperidine rings is 1. The van der Waals surface area contributed by atoms with Crippen molar-refractivity contribution in [3.63, 3.8) is 0 Å². The lowest BCUT2D eigenvalue weighted by Crippen LogP contribution is -2.34. The molecule has 1 aliphatic rings. The molecule has 0 N–H and O–H groups in total. The topological polar surface area (TPSA) is 42.2 Å². The fraction of sp³-hybridized carbons (Fsp3) is 0.857. The lowest BCUT2D eigenvalue weighted by Gasteiger charge is -2.30. The average Bonchev–Trinajstić information content (AvgIpc) is 2.79. The molecular formula is C14H25N3O. The lowest BCUT2D eigenvalue weighted by molar-refractivity contribution is 0.318. The molecule has 1 aliphatic heterocycles. The number of hydrogen-bond acceptors (Lipinski definition) is 4. The molecule has 18 heavy (non-hydrogen) atoms. The average molecular weight is 251 g/mol. The summed E-state index contributed by atoms with van der Waals surface area (Å²) in [5.74, 6) is 2.39. The first-order chi connectivity index (χ1) is 8.50. The molecule has 0 amide bonds. The molecule has 2 heterocycles. The maximum atomic E-state index is 5.35. The Morgan fingerprint density at radius 3 is 2.44 bits per heavy atom. The highest BCUT2D eigenvalue weighted by Gasteiger charge is 2.26. The number of hydrogen-bond donors (Lipinski definition) is 0. The van der Waals surface area contributed by atoms with Gasteiger partial charge in [0, 0.05) is 18.5 Å². The van der Waals surface area contributed by atoms with Crippen molar-refractivity contribution in [2.45, 2.75) is 58.8 Å². The van der Waals surface area contributed by atoms with Gasteiger partial charge in [0.15, 0.2) is 0 Å². The van der Waals surface area contributed by atoms with E-state index < -0.39 is 0 Å². The summed E-state index contributed by atoms with van der Waals surface area (Å²) in [7, 11) is 0. The van der Waals surface area contributed by atoms with Crippen molar-refractivity contribution in [1.82, 2.24) is 10.1 Å². The van der Waals surface area contributed by atoms with E-state index in [1.807, 2.05) is 0 Å². The van der Waals surface area contributed by atoms with Crippen LogP contribution in [0.1, 0.15) is 59.3 Å². The third-order valence-corrected chi connectivity index (χ3v) is 3.65. The van der Waals surface area contributed by atoms with Crippen LogP contribution in [0.2, 0.25) is 0 Å². The van der Waals surface area contributed by atoms with Crippen molar-refractivity contribution < 1.29 is 4.52 Å². The predicted octanol–water partition coefficient (Wildman–Crippen LogP) is 3.38. The van der Waals surface area contributed by atoms with E-state index in [-0.39, 0.29) is 5.41 Å². The first-order valence-corrected chi connectivity index (χ1v) is 7.10. The van der Waals surface area contributed by atoms with Crippen molar-refractivity contribution in [3.8, 4) is 0 Å². The van der Waals surface area contributed by atoms with Crippen LogP contribution in [-0.4, -0.2) is 23.2 Å². The molecule has 4 nitrogen and oxygen atoms in total. The highest BCUT2D eigenvalue weighted by Crippen LogP contribution is 2.26. The molecule has 102 valence electrons. The molecule has 0 radical (unpaired) electrons. The second-order valence-corrected chi connectivity index (χ2v) is 6.37. The second kappa shape index (κ2) is 5.29. The highest BCUT2D eigenvalue weighted by atomic mass is 16.5. The van der Waals surface area contributed by atoms with Gasteiger partial charge < -0.3 is 9.42 Å². The standard InChI is InChI=1S/C14H25N3O/c1-5-6-11-7-9-17(10-8-11)13-15-12(18-16-13)14(2,3)4/h11H,5-10H2,1-4H3. The van der Waals surface area contributed by atoms with E-state index >= 15 is 0 Å². The zero-order chi connectivity index (χ0) is 13.2. The van der Waals surface area contributed by atoms with E-state index in [2.05, 4.69) is 42.7 Å². The predicted molar refractivity (Wildman–Crippen MR) is 72.8 cm³/mol. The molecule has 1 aromatic heterocycles. The fourth-order valence-electron chi connectivity index (χ4n) is 2.48. The van der Waals surface area contributed by atoms with Gasteiger partial charge in [-0.1, -0.05) is 40.5 Å². The van der Waals surface area contributed by atoms with Gasteiger partial charge in [0.25, 0.3) is 5.95 Å². The Morgan fingerprint density at radius 2 is 1.94 bits per heavy atom. The van der Waals surface area contributed by atoms with Crippen LogP contribution in [0, 0.1) is 5.92 Å². The van der Waals surface area contributed by atoms with Crippen LogP contribution in [0.15, 0.2) is 4.52 Å². The first-order valence-electron chi connectivity index (χ1n) is 7.10. The summed E-state index contributed by atoms with van der Waals surface area (Å²) in [6.45, 7) is 10.7. The summed E-state index contributed by atoms with van der Waals surface area (Å²) in [6.07, 6.45) is 5.16. The third-order valence-electron chi connectivity index (χ3n) is 3.65. The monoisotopic (exact) mass is 251 g/mol. The van der Waals surface area contributed by atoms with Crippen molar-refractivity contribution in [1.29, 1.82) is 0 Å².